The van der Waals surface area contributed by atoms with E-state index in [1.807, 2.05) is 0 Å². The van der Waals surface area contributed by atoms with Crippen LogP contribution >= 0.6 is 23.5 Å². The third-order valence-electron chi connectivity index (χ3n) is 3.71. The first-order valence-corrected chi connectivity index (χ1v) is 12.2. The van der Waals surface area contributed by atoms with Crippen molar-refractivity contribution in [2.24, 2.45) is 0 Å². The lowest BCUT2D eigenvalue weighted by Gasteiger charge is -2.27. The van der Waals surface area contributed by atoms with Crippen LogP contribution in [0, 0.1) is 0 Å². The number of phosphoric acid groups is 3. The van der Waals surface area contributed by atoms with Crippen LogP contribution < -0.4 is 11.2 Å². The molecule has 31 heavy (non-hydrogen) atoms. The Morgan fingerprint density at radius 2 is 1.77 bits per heavy atom. The zero-order chi connectivity index (χ0) is 24.0. The minimum atomic E-state index is -5.89. The number of rotatable bonds is 8. The van der Waals surface area contributed by atoms with Gasteiger partial charge in [0.25, 0.3) is 11.4 Å². The number of hydrogen-bond acceptors (Lipinski definition) is 11. The number of H-pyrrole nitrogens is 1. The van der Waals surface area contributed by atoms with E-state index in [1.165, 1.54) is 0 Å². The summed E-state index contributed by atoms with van der Waals surface area (Å²) in [4.78, 5) is 60.1. The summed E-state index contributed by atoms with van der Waals surface area (Å²) in [7, 11) is -17.3. The quantitative estimate of drug-likeness (QED) is 0.188. The average molecular weight is 516 g/mol. The van der Waals surface area contributed by atoms with E-state index in [1.54, 1.807) is 4.98 Å². The maximum Gasteiger partial charge on any atom is 0.490 e. The highest BCUT2D eigenvalue weighted by molar-refractivity contribution is 7.66. The smallest absolute Gasteiger partial charge is 0.384 e. The van der Waals surface area contributed by atoms with Gasteiger partial charge in [0.05, 0.1) is 0 Å². The Labute approximate surface area is 170 Å². The monoisotopic (exact) mass is 516 g/mol. The first-order chi connectivity index (χ1) is 13.8. The second-order valence-corrected chi connectivity index (χ2v) is 10.7. The average Bonchev–Trinajstić information content (AvgIpc) is 2.71. The molecule has 0 bridgehead atoms. The van der Waals surface area contributed by atoms with Crippen molar-refractivity contribution >= 4 is 23.5 Å². The van der Waals surface area contributed by atoms with E-state index in [4.69, 9.17) is 19.4 Å². The SMILES string of the molecule is C[C@]1(O)[C@H](n2ccc(=O)[nH]c2=O)O[C@](F)(COP(=O)(O)OP(=O)(O)OP(=O)(O)O)[C@H]1O. The second kappa shape index (κ2) is 8.35. The molecule has 0 amide bonds. The zero-order valence-corrected chi connectivity index (χ0v) is 17.7. The number of aliphatic hydroxyl groups is 2. The molecule has 1 saturated heterocycles. The molecule has 21 heteroatoms. The fourth-order valence-electron chi connectivity index (χ4n) is 2.48. The Bertz CT molecular complexity index is 1100. The molecule has 1 aromatic rings. The van der Waals surface area contributed by atoms with Crippen molar-refractivity contribution in [2.45, 2.75) is 30.7 Å². The Morgan fingerprint density at radius 1 is 1.19 bits per heavy atom. The van der Waals surface area contributed by atoms with Gasteiger partial charge in [-0.25, -0.2) is 22.9 Å². The summed E-state index contributed by atoms with van der Waals surface area (Å²) in [5, 5.41) is 20.4. The lowest BCUT2D eigenvalue weighted by molar-refractivity contribution is -0.205. The van der Waals surface area contributed by atoms with E-state index in [0.717, 1.165) is 19.2 Å². The van der Waals surface area contributed by atoms with E-state index >= 15 is 4.39 Å². The van der Waals surface area contributed by atoms with Gasteiger partial charge in [0.15, 0.2) is 6.23 Å². The minimum Gasteiger partial charge on any atom is -0.384 e. The predicted octanol–water partition coefficient (Wildman–Crippen LogP) is -1.81. The topological polar surface area (TPSA) is 264 Å². The lowest BCUT2D eigenvalue weighted by atomic mass is 9.95. The molecule has 0 aliphatic carbocycles. The van der Waals surface area contributed by atoms with E-state index in [2.05, 4.69) is 13.1 Å². The summed E-state index contributed by atoms with van der Waals surface area (Å²) in [6.07, 6.45) is -3.77. The van der Waals surface area contributed by atoms with Gasteiger partial charge in [0.2, 0.25) is 0 Å². The fourth-order valence-corrected chi connectivity index (χ4v) is 5.51. The van der Waals surface area contributed by atoms with Crippen molar-refractivity contribution in [1.29, 1.82) is 0 Å². The van der Waals surface area contributed by atoms with Gasteiger partial charge in [-0.05, 0) is 6.92 Å². The number of nitrogens with one attached hydrogen (secondary N) is 1. The number of hydrogen-bond donors (Lipinski definition) is 7. The highest BCUT2D eigenvalue weighted by Crippen LogP contribution is 2.66. The van der Waals surface area contributed by atoms with Crippen molar-refractivity contribution in [1.82, 2.24) is 9.55 Å². The van der Waals surface area contributed by atoms with Crippen LogP contribution in [0.4, 0.5) is 4.39 Å². The number of alkyl halides is 1. The molecule has 0 radical (unpaired) electrons. The first-order valence-electron chi connectivity index (χ1n) is 7.65. The number of ether oxygens (including phenoxy) is 1. The van der Waals surface area contributed by atoms with Gasteiger partial charge in [0.1, 0.15) is 18.3 Å². The molecule has 0 spiro atoms. The summed E-state index contributed by atoms with van der Waals surface area (Å²) < 4.78 is 64.8. The van der Waals surface area contributed by atoms with Crippen LogP contribution in [-0.2, 0) is 31.6 Å². The molecule has 1 aromatic heterocycles. The molecule has 7 N–H and O–H groups in total. The molecular formula is C10H16FN2O15P3. The van der Waals surface area contributed by atoms with Crippen molar-refractivity contribution in [3.63, 3.8) is 0 Å². The number of nitrogens with zero attached hydrogens (tertiary/aromatic N) is 1. The summed E-state index contributed by atoms with van der Waals surface area (Å²) in [5.41, 5.74) is -4.61. The fraction of sp³-hybridized carbons (Fsp3) is 0.600. The number of aromatic nitrogens is 2. The van der Waals surface area contributed by atoms with Gasteiger partial charge < -0.3 is 34.5 Å². The van der Waals surface area contributed by atoms with Gasteiger partial charge in [-0.2, -0.15) is 8.62 Å². The van der Waals surface area contributed by atoms with E-state index in [-0.39, 0.29) is 0 Å². The normalized spacial score (nSPS) is 33.0. The largest absolute Gasteiger partial charge is 0.490 e. The summed E-state index contributed by atoms with van der Waals surface area (Å²) in [6.45, 7) is -0.950. The van der Waals surface area contributed by atoms with Crippen LogP contribution in [0.15, 0.2) is 21.9 Å². The minimum absolute atomic E-state index is 0.483. The van der Waals surface area contributed by atoms with Crippen molar-refractivity contribution in [3.05, 3.63) is 33.1 Å². The van der Waals surface area contributed by atoms with Crippen LogP contribution in [0.25, 0.3) is 0 Å². The predicted molar refractivity (Wildman–Crippen MR) is 91.7 cm³/mol. The molecule has 0 saturated carbocycles. The molecule has 1 aliphatic heterocycles. The van der Waals surface area contributed by atoms with Crippen LogP contribution in [0.5, 0.6) is 0 Å². The number of halogens is 1. The third-order valence-corrected chi connectivity index (χ3v) is 7.50. The van der Waals surface area contributed by atoms with Gasteiger partial charge in [-0.1, -0.05) is 0 Å². The lowest BCUT2D eigenvalue weighted by Crippen LogP contribution is -2.50. The van der Waals surface area contributed by atoms with Crippen molar-refractivity contribution in [3.8, 4) is 0 Å². The highest BCUT2D eigenvalue weighted by atomic mass is 31.3. The summed E-state index contributed by atoms with van der Waals surface area (Å²) in [5.74, 6) is -3.53. The highest BCUT2D eigenvalue weighted by Gasteiger charge is 2.64. The molecule has 17 nitrogen and oxygen atoms in total. The van der Waals surface area contributed by atoms with Crippen LogP contribution in [0.1, 0.15) is 13.2 Å². The number of aromatic amines is 1. The Morgan fingerprint density at radius 3 is 2.29 bits per heavy atom. The molecule has 6 atom stereocenters. The van der Waals surface area contributed by atoms with Crippen molar-refractivity contribution in [2.75, 3.05) is 6.61 Å². The third kappa shape index (κ3) is 6.24. The molecule has 1 aliphatic rings. The van der Waals surface area contributed by atoms with Crippen LogP contribution in [-0.4, -0.2) is 63.5 Å². The molecule has 2 heterocycles. The molecular weight excluding hydrogens is 500 g/mol. The second-order valence-electron chi connectivity index (χ2n) is 6.27. The first kappa shape index (κ1) is 26.2. The number of aliphatic hydroxyl groups excluding tert-OH is 1. The maximum atomic E-state index is 15.1. The Hall–Kier alpha value is -1.10. The Balaban J connectivity index is 2.22. The van der Waals surface area contributed by atoms with Gasteiger partial charge in [0, 0.05) is 12.3 Å². The number of phosphoric ester groups is 1. The van der Waals surface area contributed by atoms with E-state index < -0.39 is 65.1 Å². The van der Waals surface area contributed by atoms with Crippen LogP contribution in [0.2, 0.25) is 0 Å². The molecule has 2 unspecified atom stereocenters. The molecule has 178 valence electrons. The van der Waals surface area contributed by atoms with E-state index in [0.29, 0.717) is 4.57 Å². The van der Waals surface area contributed by atoms with Gasteiger partial charge in [-0.15, -0.1) is 0 Å². The van der Waals surface area contributed by atoms with Gasteiger partial charge in [-0.3, -0.25) is 18.9 Å². The van der Waals surface area contributed by atoms with Gasteiger partial charge >= 0.3 is 29.2 Å². The summed E-state index contributed by atoms with van der Waals surface area (Å²) in [6, 6.07) is 0.803. The maximum absolute atomic E-state index is 15.1. The molecule has 1 fully saturated rings. The van der Waals surface area contributed by atoms with Crippen molar-refractivity contribution < 1.29 is 65.8 Å². The zero-order valence-electron chi connectivity index (χ0n) is 15.0. The molecule has 2 rings (SSSR count). The Kier molecular flexibility index (Phi) is 7.05. The van der Waals surface area contributed by atoms with E-state index in [9.17, 15) is 38.4 Å². The standard InChI is InChI=1S/C10H16FN2O15P3/c1-9(17)6(15)10(11,26-7(9)13-3-2-5(14)12-8(13)16)4-25-30(21,22)28-31(23,24)27-29(18,19)20/h2-3,6-7,15,17H,4H2,1H3,(H,21,22)(H,23,24)(H,12,14,16)(H2,18,19,20)/t6-,7+,9+,10+/m0/s1. The molecule has 0 aromatic carbocycles. The van der Waals surface area contributed by atoms with Crippen LogP contribution in [0.3, 0.4) is 0 Å². The summed E-state index contributed by atoms with van der Waals surface area (Å²) >= 11 is 0.